The molecule has 0 unspecified atom stereocenters. The van der Waals surface area contributed by atoms with Crippen LogP contribution in [0.2, 0.25) is 0 Å². The molecule has 0 heterocycles. The smallest absolute Gasteiger partial charge is 0.000822 e. The third kappa shape index (κ3) is 6.54. The molecule has 1 nitrogen and oxygen atoms in total. The van der Waals surface area contributed by atoms with Crippen LogP contribution < -0.4 is 5.32 Å². The summed E-state index contributed by atoms with van der Waals surface area (Å²) in [6, 6.07) is 10.5. The molecule has 0 bridgehead atoms. The fraction of sp³-hybridized carbons (Fsp3) is 0.250. The summed E-state index contributed by atoms with van der Waals surface area (Å²) in [7, 11) is 0. The highest BCUT2D eigenvalue weighted by molar-refractivity contribution is 5.18. The highest BCUT2D eigenvalue weighted by atomic mass is 14.8. The quantitative estimate of drug-likeness (QED) is 0.529. The predicted octanol–water partition coefficient (Wildman–Crippen LogP) is 3.51. The summed E-state index contributed by atoms with van der Waals surface area (Å²) >= 11 is 0. The Labute approximate surface area is 105 Å². The second-order valence-electron chi connectivity index (χ2n) is 3.99. The van der Waals surface area contributed by atoms with Gasteiger partial charge >= 0.3 is 0 Å². The predicted molar refractivity (Wildman–Crippen MR) is 76.1 cm³/mol. The molecule has 0 aromatic heterocycles. The summed E-state index contributed by atoms with van der Waals surface area (Å²) < 4.78 is 0. The Balaban J connectivity index is 2.07. The molecule has 1 aromatic carbocycles. The van der Waals surface area contributed by atoms with Gasteiger partial charge in [0.1, 0.15) is 0 Å². The minimum atomic E-state index is 0.979. The van der Waals surface area contributed by atoms with E-state index >= 15 is 0 Å². The summed E-state index contributed by atoms with van der Waals surface area (Å²) in [4.78, 5) is 0. The van der Waals surface area contributed by atoms with Crippen molar-refractivity contribution in [2.45, 2.75) is 12.8 Å². The van der Waals surface area contributed by atoms with Gasteiger partial charge in [0.15, 0.2) is 0 Å². The summed E-state index contributed by atoms with van der Waals surface area (Å²) in [6.45, 7) is 9.60. The van der Waals surface area contributed by atoms with E-state index in [-0.39, 0.29) is 0 Å². The molecule has 0 spiro atoms. The molecule has 1 aromatic rings. The van der Waals surface area contributed by atoms with Crippen LogP contribution in [0.5, 0.6) is 0 Å². The first-order chi connectivity index (χ1) is 8.33. The Morgan fingerprint density at radius 1 is 1.18 bits per heavy atom. The summed E-state index contributed by atoms with van der Waals surface area (Å²) in [5.41, 5.74) is 2.52. The van der Waals surface area contributed by atoms with Gasteiger partial charge in [0.05, 0.1) is 0 Å². The first kappa shape index (κ1) is 13.5. The standard InChI is InChI=1S/C16H21N/c1-3-4-8-15(2)11-13-17-14-12-16-9-6-5-7-10-16/h3-10,17H,1-2,11-14H2. The first-order valence-corrected chi connectivity index (χ1v) is 6.04. The zero-order valence-corrected chi connectivity index (χ0v) is 10.4. The van der Waals surface area contributed by atoms with Crippen molar-refractivity contribution in [3.8, 4) is 0 Å². The zero-order valence-electron chi connectivity index (χ0n) is 10.4. The van der Waals surface area contributed by atoms with Gasteiger partial charge < -0.3 is 5.32 Å². The van der Waals surface area contributed by atoms with Crippen LogP contribution >= 0.6 is 0 Å². The fourth-order valence-corrected chi connectivity index (χ4v) is 1.54. The number of allylic oxidation sites excluding steroid dienone is 3. The van der Waals surface area contributed by atoms with Crippen LogP contribution in [0.3, 0.4) is 0 Å². The van der Waals surface area contributed by atoms with Crippen LogP contribution in [0.4, 0.5) is 0 Å². The molecular weight excluding hydrogens is 206 g/mol. The van der Waals surface area contributed by atoms with Gasteiger partial charge in [0, 0.05) is 0 Å². The topological polar surface area (TPSA) is 12.0 Å². The average molecular weight is 227 g/mol. The SMILES string of the molecule is C=CC=CC(=C)CCNCCc1ccccc1. The molecule has 0 radical (unpaired) electrons. The van der Waals surface area contributed by atoms with E-state index in [9.17, 15) is 0 Å². The van der Waals surface area contributed by atoms with Gasteiger partial charge in [-0.2, -0.15) is 0 Å². The van der Waals surface area contributed by atoms with Crippen LogP contribution in [-0.2, 0) is 6.42 Å². The van der Waals surface area contributed by atoms with Crippen molar-refractivity contribution in [2.24, 2.45) is 0 Å². The van der Waals surface area contributed by atoms with Crippen LogP contribution in [-0.4, -0.2) is 13.1 Å². The maximum absolute atomic E-state index is 3.97. The van der Waals surface area contributed by atoms with E-state index in [2.05, 4.69) is 42.7 Å². The minimum absolute atomic E-state index is 0.979. The molecule has 0 amide bonds. The van der Waals surface area contributed by atoms with Crippen molar-refractivity contribution in [2.75, 3.05) is 13.1 Å². The molecule has 17 heavy (non-hydrogen) atoms. The second kappa shape index (κ2) is 8.54. The summed E-state index contributed by atoms with van der Waals surface area (Å²) in [5, 5.41) is 3.42. The number of benzene rings is 1. The van der Waals surface area contributed by atoms with E-state index in [1.807, 2.05) is 18.2 Å². The van der Waals surface area contributed by atoms with E-state index < -0.39 is 0 Å². The highest BCUT2D eigenvalue weighted by Gasteiger charge is 1.92. The van der Waals surface area contributed by atoms with Gasteiger partial charge in [-0.1, -0.05) is 67.3 Å². The number of rotatable bonds is 8. The fourth-order valence-electron chi connectivity index (χ4n) is 1.54. The van der Waals surface area contributed by atoms with Crippen molar-refractivity contribution in [3.05, 3.63) is 72.9 Å². The molecule has 0 aliphatic rings. The zero-order chi connectivity index (χ0) is 12.3. The van der Waals surface area contributed by atoms with Gasteiger partial charge in [-0.15, -0.1) is 0 Å². The lowest BCUT2D eigenvalue weighted by Crippen LogP contribution is -2.18. The van der Waals surface area contributed by atoms with Crippen molar-refractivity contribution in [1.82, 2.24) is 5.32 Å². The normalized spacial score (nSPS) is 10.6. The van der Waals surface area contributed by atoms with Gasteiger partial charge in [-0.3, -0.25) is 0 Å². The van der Waals surface area contributed by atoms with Crippen LogP contribution in [0.25, 0.3) is 0 Å². The van der Waals surface area contributed by atoms with E-state index in [0.29, 0.717) is 0 Å². The van der Waals surface area contributed by atoms with Crippen molar-refractivity contribution in [1.29, 1.82) is 0 Å². The average Bonchev–Trinajstić information content (AvgIpc) is 2.37. The van der Waals surface area contributed by atoms with Crippen LogP contribution in [0, 0.1) is 0 Å². The van der Waals surface area contributed by atoms with Crippen molar-refractivity contribution < 1.29 is 0 Å². The lowest BCUT2D eigenvalue weighted by Gasteiger charge is -2.04. The van der Waals surface area contributed by atoms with E-state index in [4.69, 9.17) is 0 Å². The Hall–Kier alpha value is -1.60. The molecule has 1 N–H and O–H groups in total. The Morgan fingerprint density at radius 3 is 2.65 bits per heavy atom. The minimum Gasteiger partial charge on any atom is -0.316 e. The highest BCUT2D eigenvalue weighted by Crippen LogP contribution is 2.00. The van der Waals surface area contributed by atoms with Crippen molar-refractivity contribution in [3.63, 3.8) is 0 Å². The summed E-state index contributed by atoms with van der Waals surface area (Å²) in [6.07, 6.45) is 7.77. The molecule has 1 rings (SSSR count). The maximum atomic E-state index is 3.97. The molecular formula is C16H21N. The molecule has 0 fully saturated rings. The van der Waals surface area contributed by atoms with Gasteiger partial charge in [0.25, 0.3) is 0 Å². The van der Waals surface area contributed by atoms with E-state index in [1.54, 1.807) is 6.08 Å². The molecule has 0 aliphatic heterocycles. The molecule has 0 atom stereocenters. The largest absolute Gasteiger partial charge is 0.316 e. The van der Waals surface area contributed by atoms with Crippen LogP contribution in [0.1, 0.15) is 12.0 Å². The lowest BCUT2D eigenvalue weighted by molar-refractivity contribution is 0.683. The Kier molecular flexibility index (Phi) is 6.76. The lowest BCUT2D eigenvalue weighted by atomic mass is 10.1. The van der Waals surface area contributed by atoms with Crippen molar-refractivity contribution >= 4 is 0 Å². The summed E-state index contributed by atoms with van der Waals surface area (Å²) in [5.74, 6) is 0. The second-order valence-corrected chi connectivity index (χ2v) is 3.99. The van der Waals surface area contributed by atoms with Gasteiger partial charge in [-0.25, -0.2) is 0 Å². The van der Waals surface area contributed by atoms with E-state index in [1.165, 1.54) is 5.56 Å². The van der Waals surface area contributed by atoms with Gasteiger partial charge in [-0.05, 0) is 31.5 Å². The molecule has 0 saturated carbocycles. The van der Waals surface area contributed by atoms with Crippen LogP contribution in [0.15, 0.2) is 67.3 Å². The molecule has 0 saturated heterocycles. The molecule has 1 heteroatoms. The third-order valence-electron chi connectivity index (χ3n) is 2.52. The Bertz CT molecular complexity index is 362. The first-order valence-electron chi connectivity index (χ1n) is 6.04. The number of hydrogen-bond donors (Lipinski definition) is 1. The monoisotopic (exact) mass is 227 g/mol. The van der Waals surface area contributed by atoms with E-state index in [0.717, 1.165) is 31.5 Å². The third-order valence-corrected chi connectivity index (χ3v) is 2.52. The number of nitrogens with one attached hydrogen (secondary N) is 1. The van der Waals surface area contributed by atoms with Gasteiger partial charge in [0.2, 0.25) is 0 Å². The Morgan fingerprint density at radius 2 is 1.94 bits per heavy atom. The molecule has 0 aliphatic carbocycles. The number of hydrogen-bond acceptors (Lipinski definition) is 1. The maximum Gasteiger partial charge on any atom is -0.000822 e. The molecule has 90 valence electrons.